The van der Waals surface area contributed by atoms with Crippen LogP contribution in [0.15, 0.2) is 30.0 Å². The molecule has 1 aromatic carbocycles. The summed E-state index contributed by atoms with van der Waals surface area (Å²) in [4.78, 5) is 25.3. The number of carboxylic acids is 1. The summed E-state index contributed by atoms with van der Waals surface area (Å²) in [6.07, 6.45) is 3.15. The zero-order chi connectivity index (χ0) is 22.9. The second kappa shape index (κ2) is 9.13. The molecule has 1 aliphatic heterocycles. The number of nitrogens with zero attached hydrogens (tertiary/aromatic N) is 1. The molecule has 0 aliphatic carbocycles. The minimum atomic E-state index is -0.901. The van der Waals surface area contributed by atoms with Crippen LogP contribution >= 0.6 is 11.6 Å². The minimum absolute atomic E-state index is 0.0514. The molecule has 0 aromatic heterocycles. The van der Waals surface area contributed by atoms with Crippen LogP contribution < -0.4 is 0 Å². The fraction of sp³-hybridized carbons (Fsp3) is 0.600. The van der Waals surface area contributed by atoms with Crippen LogP contribution in [0.4, 0.5) is 0 Å². The molecule has 2 rings (SSSR count). The topological polar surface area (TPSA) is 57.6 Å². The first-order chi connectivity index (χ1) is 13.7. The third kappa shape index (κ3) is 5.66. The molecular formula is C25H36ClNO3. The predicted octanol–water partition coefficient (Wildman–Crippen LogP) is 6.38. The van der Waals surface area contributed by atoms with Crippen molar-refractivity contribution in [1.82, 2.24) is 4.90 Å². The summed E-state index contributed by atoms with van der Waals surface area (Å²) in [7, 11) is 0. The number of aliphatic carboxylic acids is 1. The van der Waals surface area contributed by atoms with E-state index in [1.54, 1.807) is 4.90 Å². The average molecular weight is 434 g/mol. The van der Waals surface area contributed by atoms with Gasteiger partial charge >= 0.3 is 5.97 Å². The Labute approximate surface area is 186 Å². The Balaban J connectivity index is 2.41. The summed E-state index contributed by atoms with van der Waals surface area (Å²) >= 11 is 6.73. The number of halogens is 1. The number of hydrogen-bond donors (Lipinski definition) is 1. The summed E-state index contributed by atoms with van der Waals surface area (Å²) in [5.74, 6) is -0.389. The first-order valence-corrected chi connectivity index (χ1v) is 11.2. The molecule has 2 atom stereocenters. The third-order valence-corrected chi connectivity index (χ3v) is 6.36. The first-order valence-electron chi connectivity index (χ1n) is 10.8. The molecule has 1 aliphatic rings. The van der Waals surface area contributed by atoms with Crippen LogP contribution in [0.3, 0.4) is 0 Å². The SMILES string of the molecule is CC(C)C1=CN(CCC(=O)O)C(=O)C[C@@]1(C)c1ccc(C(C)CC(C)(C)C)c(Cl)c1. The van der Waals surface area contributed by atoms with E-state index >= 15 is 0 Å². The number of carboxylic acid groups (broad SMARTS) is 1. The van der Waals surface area contributed by atoms with E-state index in [2.05, 4.69) is 60.6 Å². The van der Waals surface area contributed by atoms with Gasteiger partial charge in [0.1, 0.15) is 0 Å². The average Bonchev–Trinajstić information content (AvgIpc) is 2.58. The van der Waals surface area contributed by atoms with Gasteiger partial charge in [-0.3, -0.25) is 9.59 Å². The van der Waals surface area contributed by atoms with Crippen LogP contribution in [0.2, 0.25) is 5.02 Å². The molecule has 0 saturated carbocycles. The Bertz CT molecular complexity index is 837. The standard InChI is InChI=1S/C25H36ClNO3/c1-16(2)20-15-27(11-10-23(29)30)22(28)14-25(20,7)18-8-9-19(21(26)12-18)17(3)13-24(4,5)6/h8-9,12,15-17H,10-11,13-14H2,1-7H3,(H,29,30)/t17?,25-/m0/s1. The molecule has 1 aromatic rings. The predicted molar refractivity (Wildman–Crippen MR) is 123 cm³/mol. The van der Waals surface area contributed by atoms with Gasteiger partial charge in [-0.1, -0.05) is 72.2 Å². The van der Waals surface area contributed by atoms with Crippen LogP contribution in [-0.2, 0) is 15.0 Å². The van der Waals surface area contributed by atoms with E-state index in [0.717, 1.165) is 28.1 Å². The molecule has 4 nitrogen and oxygen atoms in total. The van der Waals surface area contributed by atoms with Crippen molar-refractivity contribution in [3.8, 4) is 0 Å². The van der Waals surface area contributed by atoms with Gasteiger partial charge in [0.05, 0.1) is 6.42 Å². The largest absolute Gasteiger partial charge is 0.481 e. The van der Waals surface area contributed by atoms with Crippen LogP contribution in [-0.4, -0.2) is 28.4 Å². The lowest BCUT2D eigenvalue weighted by molar-refractivity contribution is -0.138. The first kappa shape index (κ1) is 24.5. The second-order valence-corrected chi connectivity index (χ2v) is 10.8. The Morgan fingerprint density at radius 2 is 1.90 bits per heavy atom. The monoisotopic (exact) mass is 433 g/mol. The van der Waals surface area contributed by atoms with Crippen molar-refractivity contribution in [2.45, 2.75) is 79.1 Å². The molecule has 0 radical (unpaired) electrons. The minimum Gasteiger partial charge on any atom is -0.481 e. The highest BCUT2D eigenvalue weighted by atomic mass is 35.5. The highest BCUT2D eigenvalue weighted by Crippen LogP contribution is 2.44. The van der Waals surface area contributed by atoms with Gasteiger partial charge in [-0.25, -0.2) is 0 Å². The van der Waals surface area contributed by atoms with Gasteiger partial charge in [0, 0.05) is 29.6 Å². The third-order valence-electron chi connectivity index (χ3n) is 6.03. The van der Waals surface area contributed by atoms with E-state index in [4.69, 9.17) is 16.7 Å². The van der Waals surface area contributed by atoms with Crippen molar-refractivity contribution in [3.63, 3.8) is 0 Å². The number of rotatable bonds is 7. The molecule has 1 unspecified atom stereocenters. The number of benzene rings is 1. The molecule has 1 amide bonds. The summed E-state index contributed by atoms with van der Waals surface area (Å²) in [6, 6.07) is 6.24. The van der Waals surface area contributed by atoms with Crippen molar-refractivity contribution >= 4 is 23.5 Å². The van der Waals surface area contributed by atoms with Gasteiger partial charge in [-0.15, -0.1) is 0 Å². The Kier molecular flexibility index (Phi) is 7.45. The van der Waals surface area contributed by atoms with Crippen molar-refractivity contribution < 1.29 is 14.7 Å². The van der Waals surface area contributed by atoms with Gasteiger partial charge in [0.2, 0.25) is 5.91 Å². The lowest BCUT2D eigenvalue weighted by Gasteiger charge is -2.41. The lowest BCUT2D eigenvalue weighted by Crippen LogP contribution is -2.42. The fourth-order valence-electron chi connectivity index (χ4n) is 4.65. The molecule has 1 heterocycles. The number of carbonyl (C=O) groups is 2. The number of hydrogen-bond acceptors (Lipinski definition) is 2. The van der Waals surface area contributed by atoms with Gasteiger partial charge in [-0.2, -0.15) is 0 Å². The highest BCUT2D eigenvalue weighted by molar-refractivity contribution is 6.31. The maximum absolute atomic E-state index is 12.8. The quantitative estimate of drug-likeness (QED) is 0.542. The molecule has 0 spiro atoms. The number of allylic oxidation sites excluding steroid dienone is 1. The Hall–Kier alpha value is -1.81. The van der Waals surface area contributed by atoms with Gasteiger partial charge in [-0.05, 0) is 46.4 Å². The summed E-state index contributed by atoms with van der Waals surface area (Å²) in [5, 5.41) is 9.73. The molecule has 5 heteroatoms. The maximum atomic E-state index is 12.8. The zero-order valence-electron chi connectivity index (χ0n) is 19.4. The van der Waals surface area contributed by atoms with Crippen molar-refractivity contribution in [3.05, 3.63) is 46.1 Å². The van der Waals surface area contributed by atoms with Crippen molar-refractivity contribution in [1.29, 1.82) is 0 Å². The lowest BCUT2D eigenvalue weighted by atomic mass is 9.68. The zero-order valence-corrected chi connectivity index (χ0v) is 20.1. The molecule has 30 heavy (non-hydrogen) atoms. The number of amides is 1. The van der Waals surface area contributed by atoms with E-state index in [0.29, 0.717) is 12.3 Å². The van der Waals surface area contributed by atoms with Gasteiger partial charge < -0.3 is 10.0 Å². The van der Waals surface area contributed by atoms with E-state index < -0.39 is 11.4 Å². The van der Waals surface area contributed by atoms with Crippen molar-refractivity contribution in [2.75, 3.05) is 6.54 Å². The van der Waals surface area contributed by atoms with Crippen LogP contribution in [0.5, 0.6) is 0 Å². The van der Waals surface area contributed by atoms with Gasteiger partial charge in [0.15, 0.2) is 0 Å². The highest BCUT2D eigenvalue weighted by Gasteiger charge is 2.40. The molecule has 0 fully saturated rings. The molecule has 1 N–H and O–H groups in total. The molecule has 0 saturated heterocycles. The van der Waals surface area contributed by atoms with Crippen LogP contribution in [0, 0.1) is 11.3 Å². The van der Waals surface area contributed by atoms with E-state index in [9.17, 15) is 9.59 Å². The summed E-state index contributed by atoms with van der Waals surface area (Å²) in [6.45, 7) is 15.4. The van der Waals surface area contributed by atoms with Crippen molar-refractivity contribution in [2.24, 2.45) is 11.3 Å². The normalized spacial score (nSPS) is 21.0. The van der Waals surface area contributed by atoms with Crippen LogP contribution in [0.25, 0.3) is 0 Å². The smallest absolute Gasteiger partial charge is 0.305 e. The molecule has 166 valence electrons. The van der Waals surface area contributed by atoms with E-state index in [-0.39, 0.29) is 30.2 Å². The summed E-state index contributed by atoms with van der Waals surface area (Å²) < 4.78 is 0. The van der Waals surface area contributed by atoms with Crippen LogP contribution in [0.1, 0.15) is 84.8 Å². The second-order valence-electron chi connectivity index (χ2n) is 10.4. The summed E-state index contributed by atoms with van der Waals surface area (Å²) in [5.41, 5.74) is 3.06. The number of carbonyl (C=O) groups excluding carboxylic acids is 1. The molecular weight excluding hydrogens is 398 g/mol. The Morgan fingerprint density at radius 1 is 1.27 bits per heavy atom. The van der Waals surface area contributed by atoms with E-state index in [1.165, 1.54) is 0 Å². The van der Waals surface area contributed by atoms with E-state index in [1.807, 2.05) is 12.3 Å². The Morgan fingerprint density at radius 3 is 2.40 bits per heavy atom. The maximum Gasteiger partial charge on any atom is 0.305 e. The molecule has 0 bridgehead atoms. The fourth-order valence-corrected chi connectivity index (χ4v) is 5.01. The van der Waals surface area contributed by atoms with Gasteiger partial charge in [0.25, 0.3) is 0 Å².